The van der Waals surface area contributed by atoms with Gasteiger partial charge in [0.1, 0.15) is 5.75 Å². The van der Waals surface area contributed by atoms with Crippen LogP contribution in [0.1, 0.15) is 43.7 Å². The zero-order valence-corrected chi connectivity index (χ0v) is 14.1. The number of carbonyl (C=O) groups is 2. The molecule has 1 saturated carbocycles. The molecule has 1 fully saturated rings. The van der Waals surface area contributed by atoms with Crippen LogP contribution in [0.3, 0.4) is 0 Å². The van der Waals surface area contributed by atoms with Crippen LogP contribution < -0.4 is 10.1 Å². The minimum atomic E-state index is -0.801. The van der Waals surface area contributed by atoms with E-state index in [-0.39, 0.29) is 18.6 Å². The highest BCUT2D eigenvalue weighted by atomic mass is 16.6. The summed E-state index contributed by atoms with van der Waals surface area (Å²) in [6, 6.07) is 5.89. The van der Waals surface area contributed by atoms with Gasteiger partial charge in [-0.25, -0.2) is 4.79 Å². The molecule has 5 heteroatoms. The average molecular weight is 319 g/mol. The van der Waals surface area contributed by atoms with Crippen molar-refractivity contribution in [3.8, 4) is 5.75 Å². The van der Waals surface area contributed by atoms with Crippen molar-refractivity contribution < 1.29 is 19.1 Å². The molecule has 0 aromatic heterocycles. The number of amides is 1. The van der Waals surface area contributed by atoms with Crippen LogP contribution in [0, 0.1) is 13.8 Å². The molecular weight excluding hydrogens is 294 g/mol. The minimum Gasteiger partial charge on any atom is -0.482 e. The molecule has 0 bridgehead atoms. The number of hydrogen-bond acceptors (Lipinski definition) is 4. The van der Waals surface area contributed by atoms with Gasteiger partial charge in [-0.1, -0.05) is 25.0 Å². The zero-order chi connectivity index (χ0) is 16.8. The molecule has 0 radical (unpaired) electrons. The fraction of sp³-hybridized carbons (Fsp3) is 0.556. The maximum Gasteiger partial charge on any atom is 0.344 e. The molecule has 1 amide bonds. The second-order valence-electron chi connectivity index (χ2n) is 6.11. The number of rotatable bonds is 6. The molecule has 0 spiro atoms. The Labute approximate surface area is 137 Å². The molecule has 0 unspecified atom stereocenters. The Kier molecular flexibility index (Phi) is 6.02. The highest BCUT2D eigenvalue weighted by molar-refractivity contribution is 5.83. The molecule has 0 saturated heterocycles. The van der Waals surface area contributed by atoms with E-state index in [1.807, 2.05) is 32.0 Å². The molecular formula is C18H25NO4. The van der Waals surface area contributed by atoms with Gasteiger partial charge in [-0.3, -0.25) is 4.79 Å². The SMILES string of the molecule is Cc1cccc(OCC(=O)O[C@@H](C)C(=O)NC2CCCC2)c1C. The summed E-state index contributed by atoms with van der Waals surface area (Å²) >= 11 is 0. The van der Waals surface area contributed by atoms with E-state index in [9.17, 15) is 9.59 Å². The Bertz CT molecular complexity index is 564. The lowest BCUT2D eigenvalue weighted by atomic mass is 10.1. The lowest BCUT2D eigenvalue weighted by molar-refractivity contribution is -0.156. The molecule has 5 nitrogen and oxygen atoms in total. The Morgan fingerprint density at radius 3 is 2.65 bits per heavy atom. The molecule has 1 N–H and O–H groups in total. The van der Waals surface area contributed by atoms with Crippen LogP contribution in [0.25, 0.3) is 0 Å². The largest absolute Gasteiger partial charge is 0.482 e. The van der Waals surface area contributed by atoms with Gasteiger partial charge in [0.2, 0.25) is 0 Å². The Hall–Kier alpha value is -2.04. The summed E-state index contributed by atoms with van der Waals surface area (Å²) in [5.41, 5.74) is 2.09. The van der Waals surface area contributed by atoms with Crippen LogP contribution in [0.4, 0.5) is 0 Å². The van der Waals surface area contributed by atoms with Crippen LogP contribution in [-0.4, -0.2) is 30.6 Å². The lowest BCUT2D eigenvalue weighted by Crippen LogP contribution is -2.41. The highest BCUT2D eigenvalue weighted by Crippen LogP contribution is 2.20. The quantitative estimate of drug-likeness (QED) is 0.819. The number of benzene rings is 1. The first-order valence-electron chi connectivity index (χ1n) is 8.16. The molecule has 23 heavy (non-hydrogen) atoms. The van der Waals surface area contributed by atoms with Crippen LogP contribution in [0.15, 0.2) is 18.2 Å². The normalized spacial score (nSPS) is 16.0. The summed E-state index contributed by atoms with van der Waals surface area (Å²) in [6.07, 6.45) is 3.49. The summed E-state index contributed by atoms with van der Waals surface area (Å²) in [7, 11) is 0. The fourth-order valence-corrected chi connectivity index (χ4v) is 2.69. The molecule has 1 aliphatic carbocycles. The summed E-state index contributed by atoms with van der Waals surface area (Å²) in [5, 5.41) is 2.92. The molecule has 1 aromatic carbocycles. The number of hydrogen-bond donors (Lipinski definition) is 1. The van der Waals surface area contributed by atoms with Gasteiger partial charge in [-0.05, 0) is 50.8 Å². The third-order valence-electron chi connectivity index (χ3n) is 4.28. The summed E-state index contributed by atoms with van der Waals surface area (Å²) in [4.78, 5) is 23.8. The number of carbonyl (C=O) groups excluding carboxylic acids is 2. The smallest absolute Gasteiger partial charge is 0.344 e. The van der Waals surface area contributed by atoms with Crippen molar-refractivity contribution in [2.75, 3.05) is 6.61 Å². The maximum atomic E-state index is 12.0. The maximum absolute atomic E-state index is 12.0. The van der Waals surface area contributed by atoms with Crippen molar-refractivity contribution in [1.29, 1.82) is 0 Å². The van der Waals surface area contributed by atoms with E-state index in [2.05, 4.69) is 5.32 Å². The second-order valence-corrected chi connectivity index (χ2v) is 6.11. The number of ether oxygens (including phenoxy) is 2. The van der Waals surface area contributed by atoms with Crippen molar-refractivity contribution in [3.05, 3.63) is 29.3 Å². The number of aryl methyl sites for hydroxylation is 1. The van der Waals surface area contributed by atoms with Gasteiger partial charge >= 0.3 is 5.97 Å². The van der Waals surface area contributed by atoms with Crippen molar-refractivity contribution in [2.24, 2.45) is 0 Å². The van der Waals surface area contributed by atoms with Gasteiger partial charge in [-0.15, -0.1) is 0 Å². The van der Waals surface area contributed by atoms with E-state index in [1.54, 1.807) is 6.92 Å². The third kappa shape index (κ3) is 4.98. The fourth-order valence-electron chi connectivity index (χ4n) is 2.69. The molecule has 2 rings (SSSR count). The Balaban J connectivity index is 1.77. The monoisotopic (exact) mass is 319 g/mol. The third-order valence-corrected chi connectivity index (χ3v) is 4.28. The van der Waals surface area contributed by atoms with Gasteiger partial charge in [-0.2, -0.15) is 0 Å². The van der Waals surface area contributed by atoms with Crippen molar-refractivity contribution >= 4 is 11.9 Å². The molecule has 0 heterocycles. The molecule has 1 aliphatic rings. The van der Waals surface area contributed by atoms with Crippen molar-refractivity contribution in [1.82, 2.24) is 5.32 Å². The number of nitrogens with one attached hydrogen (secondary N) is 1. The first-order valence-corrected chi connectivity index (χ1v) is 8.16. The lowest BCUT2D eigenvalue weighted by Gasteiger charge is -2.17. The zero-order valence-electron chi connectivity index (χ0n) is 14.1. The molecule has 126 valence electrons. The highest BCUT2D eigenvalue weighted by Gasteiger charge is 2.23. The first-order chi connectivity index (χ1) is 11.0. The summed E-state index contributed by atoms with van der Waals surface area (Å²) in [5.74, 6) is -0.123. The predicted molar refractivity (Wildman–Crippen MR) is 87.4 cm³/mol. The molecule has 1 atom stereocenters. The average Bonchev–Trinajstić information content (AvgIpc) is 3.01. The van der Waals surface area contributed by atoms with Gasteiger partial charge in [0.25, 0.3) is 5.91 Å². The van der Waals surface area contributed by atoms with E-state index in [4.69, 9.17) is 9.47 Å². The van der Waals surface area contributed by atoms with Gasteiger partial charge < -0.3 is 14.8 Å². The van der Waals surface area contributed by atoms with E-state index >= 15 is 0 Å². The summed E-state index contributed by atoms with van der Waals surface area (Å²) < 4.78 is 10.6. The van der Waals surface area contributed by atoms with Gasteiger partial charge in [0.05, 0.1) is 0 Å². The van der Waals surface area contributed by atoms with Crippen LogP contribution in [0.5, 0.6) is 5.75 Å². The Morgan fingerprint density at radius 1 is 1.26 bits per heavy atom. The standard InChI is InChI=1S/C18H25NO4/c1-12-7-6-10-16(13(12)2)22-11-17(20)23-14(3)18(21)19-15-8-4-5-9-15/h6-7,10,14-15H,4-5,8-9,11H2,1-3H3,(H,19,21)/t14-/m0/s1. The predicted octanol–water partition coefficient (Wildman–Crippen LogP) is 2.67. The number of esters is 1. The van der Waals surface area contributed by atoms with E-state index in [0.717, 1.165) is 36.8 Å². The molecule has 1 aromatic rings. The van der Waals surface area contributed by atoms with Crippen LogP contribution in [-0.2, 0) is 14.3 Å². The molecule has 0 aliphatic heterocycles. The minimum absolute atomic E-state index is 0.203. The van der Waals surface area contributed by atoms with Crippen LogP contribution >= 0.6 is 0 Å². The van der Waals surface area contributed by atoms with E-state index in [0.29, 0.717) is 5.75 Å². The van der Waals surface area contributed by atoms with Crippen molar-refractivity contribution in [3.63, 3.8) is 0 Å². The van der Waals surface area contributed by atoms with E-state index in [1.165, 1.54) is 0 Å². The Morgan fingerprint density at radius 2 is 1.96 bits per heavy atom. The van der Waals surface area contributed by atoms with Gasteiger partial charge in [0, 0.05) is 6.04 Å². The van der Waals surface area contributed by atoms with E-state index < -0.39 is 12.1 Å². The van der Waals surface area contributed by atoms with Crippen molar-refractivity contribution in [2.45, 2.75) is 58.6 Å². The van der Waals surface area contributed by atoms with Crippen LogP contribution in [0.2, 0.25) is 0 Å². The second kappa shape index (κ2) is 7.99. The topological polar surface area (TPSA) is 64.6 Å². The summed E-state index contributed by atoms with van der Waals surface area (Å²) in [6.45, 7) is 5.30. The first kappa shape index (κ1) is 17.3. The van der Waals surface area contributed by atoms with Gasteiger partial charge in [0.15, 0.2) is 12.7 Å².